The van der Waals surface area contributed by atoms with Crippen LogP contribution in [0, 0.1) is 5.92 Å². The fourth-order valence-electron chi connectivity index (χ4n) is 1.68. The molecule has 0 radical (unpaired) electrons. The maximum atomic E-state index is 11.4. The number of carbonyl (C=O) groups excluding carboxylic acids is 1. The molecule has 0 aromatic heterocycles. The first kappa shape index (κ1) is 17.2. The topological polar surface area (TPSA) is 26.3 Å². The van der Waals surface area contributed by atoms with Crippen molar-refractivity contribution in [2.24, 2.45) is 5.92 Å². The van der Waals surface area contributed by atoms with Crippen LogP contribution in [0.2, 0.25) is 0 Å². The van der Waals surface area contributed by atoms with Gasteiger partial charge in [-0.15, -0.1) is 0 Å². The van der Waals surface area contributed by atoms with Crippen LogP contribution < -0.4 is 0 Å². The van der Waals surface area contributed by atoms with Crippen LogP contribution in [0.5, 0.6) is 0 Å². The Labute approximate surface area is 113 Å². The molecule has 0 bridgehead atoms. The molecule has 0 aromatic rings. The molecule has 0 aliphatic carbocycles. The van der Waals surface area contributed by atoms with Crippen molar-refractivity contribution in [3.63, 3.8) is 0 Å². The number of carbonyl (C=O) groups is 1. The zero-order valence-electron chi connectivity index (χ0n) is 12.6. The van der Waals surface area contributed by atoms with Crippen molar-refractivity contribution in [1.29, 1.82) is 0 Å². The summed E-state index contributed by atoms with van der Waals surface area (Å²) >= 11 is 0. The average molecular weight is 254 g/mol. The first-order valence-electron chi connectivity index (χ1n) is 7.37. The van der Waals surface area contributed by atoms with Crippen molar-refractivity contribution in [3.8, 4) is 0 Å². The summed E-state index contributed by atoms with van der Waals surface area (Å²) < 4.78 is 5.21. The highest BCUT2D eigenvalue weighted by atomic mass is 16.5. The molecule has 106 valence electrons. The zero-order chi connectivity index (χ0) is 13.8. The van der Waals surface area contributed by atoms with Crippen molar-refractivity contribution in [2.45, 2.75) is 72.6 Å². The van der Waals surface area contributed by atoms with E-state index in [0.29, 0.717) is 13.0 Å². The van der Waals surface area contributed by atoms with Gasteiger partial charge in [0.15, 0.2) is 0 Å². The lowest BCUT2D eigenvalue weighted by Crippen LogP contribution is -2.05. The summed E-state index contributed by atoms with van der Waals surface area (Å²) in [5.74, 6) is 0.712. The number of esters is 1. The highest BCUT2D eigenvalue weighted by Crippen LogP contribution is 2.09. The molecular weight excluding hydrogens is 224 g/mol. The van der Waals surface area contributed by atoms with Gasteiger partial charge in [-0.3, -0.25) is 4.79 Å². The summed E-state index contributed by atoms with van der Waals surface area (Å²) in [6.07, 6.45) is 9.29. The lowest BCUT2D eigenvalue weighted by Gasteiger charge is -2.06. The van der Waals surface area contributed by atoms with Gasteiger partial charge in [0, 0.05) is 12.8 Å². The summed E-state index contributed by atoms with van der Waals surface area (Å²) in [6.45, 7) is 9.26. The van der Waals surface area contributed by atoms with Crippen molar-refractivity contribution >= 4 is 5.97 Å². The molecule has 0 amide bonds. The minimum absolute atomic E-state index is 0.0431. The predicted molar refractivity (Wildman–Crippen MR) is 77.5 cm³/mol. The molecule has 0 aliphatic rings. The molecule has 0 aromatic carbocycles. The summed E-state index contributed by atoms with van der Waals surface area (Å²) in [5.41, 5.74) is 1.33. The summed E-state index contributed by atoms with van der Waals surface area (Å²) in [5, 5.41) is 0. The van der Waals surface area contributed by atoms with E-state index >= 15 is 0 Å². The van der Waals surface area contributed by atoms with E-state index in [1.165, 1.54) is 12.0 Å². The number of hydrogen-bond acceptors (Lipinski definition) is 2. The van der Waals surface area contributed by atoms with E-state index in [-0.39, 0.29) is 5.97 Å². The SMILES string of the molecule is CCCCCC(=O)OCC/C(C)=C\CCC(C)C. The van der Waals surface area contributed by atoms with Crippen LogP contribution in [0.1, 0.15) is 72.6 Å². The number of rotatable bonds is 10. The fourth-order valence-corrected chi connectivity index (χ4v) is 1.68. The smallest absolute Gasteiger partial charge is 0.305 e. The molecule has 0 saturated heterocycles. The van der Waals surface area contributed by atoms with Crippen molar-refractivity contribution < 1.29 is 9.53 Å². The third kappa shape index (κ3) is 11.7. The standard InChI is InChI=1S/C16H30O2/c1-5-6-7-11-16(17)18-13-12-15(4)10-8-9-14(2)3/h10,14H,5-9,11-13H2,1-4H3/b15-10-. The molecule has 0 N–H and O–H groups in total. The van der Waals surface area contributed by atoms with E-state index in [2.05, 4.69) is 33.8 Å². The second-order valence-corrected chi connectivity index (χ2v) is 5.45. The number of unbranched alkanes of at least 4 members (excludes halogenated alkanes) is 2. The van der Waals surface area contributed by atoms with E-state index in [1.54, 1.807) is 0 Å². The van der Waals surface area contributed by atoms with Gasteiger partial charge in [0.1, 0.15) is 0 Å². The van der Waals surface area contributed by atoms with Gasteiger partial charge in [-0.25, -0.2) is 0 Å². The second kappa shape index (κ2) is 11.3. The number of ether oxygens (including phenoxy) is 1. The maximum absolute atomic E-state index is 11.4. The Bertz CT molecular complexity index is 241. The minimum atomic E-state index is -0.0431. The van der Waals surface area contributed by atoms with E-state index < -0.39 is 0 Å². The van der Waals surface area contributed by atoms with Crippen LogP contribution in [0.25, 0.3) is 0 Å². The van der Waals surface area contributed by atoms with Gasteiger partial charge < -0.3 is 4.74 Å². The van der Waals surface area contributed by atoms with Crippen LogP contribution in [0.3, 0.4) is 0 Å². The molecule has 0 aliphatic heterocycles. The largest absolute Gasteiger partial charge is 0.465 e. The molecule has 0 atom stereocenters. The van der Waals surface area contributed by atoms with Crippen LogP contribution >= 0.6 is 0 Å². The van der Waals surface area contributed by atoms with Gasteiger partial charge in [-0.2, -0.15) is 0 Å². The molecule has 0 saturated carbocycles. The van der Waals surface area contributed by atoms with Crippen LogP contribution in [0.15, 0.2) is 11.6 Å². The molecule has 2 nitrogen and oxygen atoms in total. The van der Waals surface area contributed by atoms with E-state index in [4.69, 9.17) is 4.74 Å². The van der Waals surface area contributed by atoms with Gasteiger partial charge >= 0.3 is 5.97 Å². The summed E-state index contributed by atoms with van der Waals surface area (Å²) in [7, 11) is 0. The third-order valence-electron chi connectivity index (χ3n) is 2.98. The Morgan fingerprint density at radius 3 is 2.56 bits per heavy atom. The van der Waals surface area contributed by atoms with Crippen LogP contribution in [-0.4, -0.2) is 12.6 Å². The first-order valence-corrected chi connectivity index (χ1v) is 7.37. The van der Waals surface area contributed by atoms with Gasteiger partial charge in [0.2, 0.25) is 0 Å². The fraction of sp³-hybridized carbons (Fsp3) is 0.812. The predicted octanol–water partition coefficient (Wildman–Crippen LogP) is 4.88. The third-order valence-corrected chi connectivity index (χ3v) is 2.98. The quantitative estimate of drug-likeness (QED) is 0.315. The number of allylic oxidation sites excluding steroid dienone is 1. The Kier molecular flexibility index (Phi) is 10.8. The Hall–Kier alpha value is -0.790. The van der Waals surface area contributed by atoms with Gasteiger partial charge in [-0.05, 0) is 32.1 Å². The molecule has 0 rings (SSSR count). The highest BCUT2D eigenvalue weighted by molar-refractivity contribution is 5.69. The zero-order valence-corrected chi connectivity index (χ0v) is 12.6. The Morgan fingerprint density at radius 1 is 1.22 bits per heavy atom. The lowest BCUT2D eigenvalue weighted by atomic mass is 10.1. The highest BCUT2D eigenvalue weighted by Gasteiger charge is 2.02. The summed E-state index contributed by atoms with van der Waals surface area (Å²) in [4.78, 5) is 11.4. The normalized spacial score (nSPS) is 11.9. The minimum Gasteiger partial charge on any atom is -0.465 e. The van der Waals surface area contributed by atoms with Gasteiger partial charge in [0.25, 0.3) is 0 Å². The summed E-state index contributed by atoms with van der Waals surface area (Å²) in [6, 6.07) is 0. The lowest BCUT2D eigenvalue weighted by molar-refractivity contribution is -0.143. The Morgan fingerprint density at radius 2 is 1.94 bits per heavy atom. The van der Waals surface area contributed by atoms with Crippen LogP contribution in [-0.2, 0) is 9.53 Å². The second-order valence-electron chi connectivity index (χ2n) is 5.45. The molecule has 18 heavy (non-hydrogen) atoms. The van der Waals surface area contributed by atoms with E-state index in [0.717, 1.165) is 38.0 Å². The van der Waals surface area contributed by atoms with Crippen molar-refractivity contribution in [3.05, 3.63) is 11.6 Å². The van der Waals surface area contributed by atoms with E-state index in [1.807, 2.05) is 0 Å². The average Bonchev–Trinajstić information content (AvgIpc) is 2.29. The molecular formula is C16H30O2. The van der Waals surface area contributed by atoms with E-state index in [9.17, 15) is 4.79 Å². The molecule has 0 fully saturated rings. The van der Waals surface area contributed by atoms with Crippen molar-refractivity contribution in [1.82, 2.24) is 0 Å². The van der Waals surface area contributed by atoms with Crippen LogP contribution in [0.4, 0.5) is 0 Å². The molecule has 2 heteroatoms. The molecule has 0 spiro atoms. The number of hydrogen-bond donors (Lipinski definition) is 0. The monoisotopic (exact) mass is 254 g/mol. The maximum Gasteiger partial charge on any atom is 0.305 e. The van der Waals surface area contributed by atoms with Crippen molar-refractivity contribution in [2.75, 3.05) is 6.61 Å². The molecule has 0 heterocycles. The Balaban J connectivity index is 3.54. The van der Waals surface area contributed by atoms with Gasteiger partial charge in [0.05, 0.1) is 6.61 Å². The van der Waals surface area contributed by atoms with Gasteiger partial charge in [-0.1, -0.05) is 45.3 Å². The first-order chi connectivity index (χ1) is 8.56. The molecule has 0 unspecified atom stereocenters.